The van der Waals surface area contributed by atoms with Crippen LogP contribution in [-0.4, -0.2) is 13.0 Å². The first-order valence-electron chi connectivity index (χ1n) is 5.40. The molecule has 0 aromatic heterocycles. The van der Waals surface area contributed by atoms with E-state index in [1.165, 1.54) is 0 Å². The minimum absolute atomic E-state index is 0.0219. The number of nitrogens with one attached hydrogen (secondary N) is 1. The number of carbonyl (C=O) groups is 1. The van der Waals surface area contributed by atoms with Crippen LogP contribution in [0, 0.1) is 0 Å². The number of nitrogen functional groups attached to an aromatic ring is 1. The average molecular weight is 222 g/mol. The van der Waals surface area contributed by atoms with Crippen LogP contribution < -0.4 is 15.8 Å². The Bertz CT molecular complexity index is 364. The van der Waals surface area contributed by atoms with E-state index in [1.54, 1.807) is 25.3 Å². The zero-order valence-electron chi connectivity index (χ0n) is 9.75. The van der Waals surface area contributed by atoms with Gasteiger partial charge >= 0.3 is 0 Å². The lowest BCUT2D eigenvalue weighted by atomic mass is 10.2. The fraction of sp³-hybridized carbons (Fsp3) is 0.417. The van der Waals surface area contributed by atoms with Crippen LogP contribution in [0.3, 0.4) is 0 Å². The van der Waals surface area contributed by atoms with E-state index in [2.05, 4.69) is 12.2 Å². The van der Waals surface area contributed by atoms with Crippen molar-refractivity contribution in [2.45, 2.75) is 26.2 Å². The van der Waals surface area contributed by atoms with Crippen LogP contribution in [0.25, 0.3) is 0 Å². The van der Waals surface area contributed by atoms with E-state index in [9.17, 15) is 4.79 Å². The second kappa shape index (κ2) is 6.00. The molecule has 16 heavy (non-hydrogen) atoms. The van der Waals surface area contributed by atoms with Gasteiger partial charge in [0.15, 0.2) is 0 Å². The molecule has 4 heteroatoms. The highest BCUT2D eigenvalue weighted by Gasteiger charge is 2.04. The first kappa shape index (κ1) is 12.4. The molecular formula is C12H18N2O2. The summed E-state index contributed by atoms with van der Waals surface area (Å²) in [5.74, 6) is 0.599. The Morgan fingerprint density at radius 3 is 2.88 bits per heavy atom. The average Bonchev–Trinajstić information content (AvgIpc) is 2.29. The highest BCUT2D eigenvalue weighted by Crippen LogP contribution is 2.24. The number of anilines is 2. The van der Waals surface area contributed by atoms with Crippen molar-refractivity contribution < 1.29 is 9.53 Å². The van der Waals surface area contributed by atoms with Gasteiger partial charge in [0.05, 0.1) is 12.8 Å². The number of ether oxygens (including phenoxy) is 1. The summed E-state index contributed by atoms with van der Waals surface area (Å²) in [5.41, 5.74) is 6.95. The Morgan fingerprint density at radius 1 is 1.50 bits per heavy atom. The van der Waals surface area contributed by atoms with Crippen molar-refractivity contribution in [3.8, 4) is 5.75 Å². The lowest BCUT2D eigenvalue weighted by molar-refractivity contribution is -0.116. The number of methoxy groups -OCH3 is 1. The third kappa shape index (κ3) is 3.46. The number of hydrogen-bond acceptors (Lipinski definition) is 3. The van der Waals surface area contributed by atoms with Gasteiger partial charge in [-0.15, -0.1) is 0 Å². The number of nitrogens with two attached hydrogens (primary N) is 1. The Hall–Kier alpha value is -1.71. The maximum absolute atomic E-state index is 11.5. The van der Waals surface area contributed by atoms with Gasteiger partial charge in [0.25, 0.3) is 0 Å². The first-order valence-corrected chi connectivity index (χ1v) is 5.40. The van der Waals surface area contributed by atoms with Crippen molar-refractivity contribution in [2.24, 2.45) is 0 Å². The smallest absolute Gasteiger partial charge is 0.224 e. The highest BCUT2D eigenvalue weighted by atomic mass is 16.5. The van der Waals surface area contributed by atoms with E-state index < -0.39 is 0 Å². The number of rotatable bonds is 5. The summed E-state index contributed by atoms with van der Waals surface area (Å²) >= 11 is 0. The molecule has 0 unspecified atom stereocenters. The van der Waals surface area contributed by atoms with Crippen molar-refractivity contribution in [2.75, 3.05) is 18.2 Å². The predicted octanol–water partition coefficient (Wildman–Crippen LogP) is 2.41. The van der Waals surface area contributed by atoms with Gasteiger partial charge in [-0.3, -0.25) is 4.79 Å². The predicted molar refractivity (Wildman–Crippen MR) is 65.6 cm³/mol. The second-order valence-corrected chi connectivity index (χ2v) is 3.61. The van der Waals surface area contributed by atoms with Crippen LogP contribution in [0.15, 0.2) is 18.2 Å². The summed E-state index contributed by atoms with van der Waals surface area (Å²) in [5, 5.41) is 2.80. The third-order valence-corrected chi connectivity index (χ3v) is 2.27. The fourth-order valence-corrected chi connectivity index (χ4v) is 1.35. The Labute approximate surface area is 95.8 Å². The van der Waals surface area contributed by atoms with Gasteiger partial charge in [0.1, 0.15) is 5.75 Å². The standard InChI is InChI=1S/C12H18N2O2/c1-3-4-5-12(15)14-9-6-7-10(13)11(8-9)16-2/h6-8H,3-5,13H2,1-2H3,(H,14,15). The Kier molecular flexibility index (Phi) is 4.64. The lowest BCUT2D eigenvalue weighted by Gasteiger charge is -2.08. The molecule has 0 aliphatic heterocycles. The molecule has 1 aromatic rings. The number of carbonyl (C=O) groups excluding carboxylic acids is 1. The molecule has 88 valence electrons. The van der Waals surface area contributed by atoms with Crippen molar-refractivity contribution in [1.82, 2.24) is 0 Å². The van der Waals surface area contributed by atoms with E-state index in [1.807, 2.05) is 0 Å². The summed E-state index contributed by atoms with van der Waals surface area (Å²) in [6.07, 6.45) is 2.46. The van der Waals surface area contributed by atoms with E-state index in [4.69, 9.17) is 10.5 Å². The summed E-state index contributed by atoms with van der Waals surface area (Å²) < 4.78 is 5.07. The van der Waals surface area contributed by atoms with E-state index in [0.717, 1.165) is 12.8 Å². The molecule has 1 aromatic carbocycles. The molecule has 0 bridgehead atoms. The topological polar surface area (TPSA) is 64.4 Å². The molecule has 0 heterocycles. The van der Waals surface area contributed by atoms with Gasteiger partial charge in [0, 0.05) is 18.2 Å². The van der Waals surface area contributed by atoms with Crippen LogP contribution in [0.5, 0.6) is 5.75 Å². The largest absolute Gasteiger partial charge is 0.495 e. The number of benzene rings is 1. The molecular weight excluding hydrogens is 204 g/mol. The normalized spacial score (nSPS) is 9.88. The molecule has 0 aliphatic rings. The Balaban J connectivity index is 2.63. The van der Waals surface area contributed by atoms with Gasteiger partial charge in [0.2, 0.25) is 5.91 Å². The van der Waals surface area contributed by atoms with Crippen LogP contribution >= 0.6 is 0 Å². The van der Waals surface area contributed by atoms with Crippen LogP contribution in [0.2, 0.25) is 0 Å². The van der Waals surface area contributed by atoms with Crippen molar-refractivity contribution in [1.29, 1.82) is 0 Å². The van der Waals surface area contributed by atoms with Gasteiger partial charge in [-0.25, -0.2) is 0 Å². The van der Waals surface area contributed by atoms with Crippen LogP contribution in [-0.2, 0) is 4.79 Å². The SMILES string of the molecule is CCCCC(=O)Nc1ccc(N)c(OC)c1. The quantitative estimate of drug-likeness (QED) is 0.752. The minimum Gasteiger partial charge on any atom is -0.495 e. The monoisotopic (exact) mass is 222 g/mol. The molecule has 3 N–H and O–H groups in total. The molecule has 0 aliphatic carbocycles. The van der Waals surface area contributed by atoms with Crippen LogP contribution in [0.4, 0.5) is 11.4 Å². The maximum Gasteiger partial charge on any atom is 0.224 e. The molecule has 0 radical (unpaired) electrons. The van der Waals surface area contributed by atoms with Gasteiger partial charge < -0.3 is 15.8 Å². The van der Waals surface area contributed by atoms with E-state index in [0.29, 0.717) is 23.5 Å². The van der Waals surface area contributed by atoms with Gasteiger partial charge in [-0.05, 0) is 18.6 Å². The van der Waals surface area contributed by atoms with Crippen molar-refractivity contribution >= 4 is 17.3 Å². The van der Waals surface area contributed by atoms with Crippen molar-refractivity contribution in [3.05, 3.63) is 18.2 Å². The number of amides is 1. The summed E-state index contributed by atoms with van der Waals surface area (Å²) in [7, 11) is 1.55. The van der Waals surface area contributed by atoms with E-state index in [-0.39, 0.29) is 5.91 Å². The van der Waals surface area contributed by atoms with Crippen molar-refractivity contribution in [3.63, 3.8) is 0 Å². The lowest BCUT2D eigenvalue weighted by Crippen LogP contribution is -2.11. The summed E-state index contributed by atoms with van der Waals surface area (Å²) in [4.78, 5) is 11.5. The summed E-state index contributed by atoms with van der Waals surface area (Å²) in [6, 6.07) is 5.20. The molecule has 0 saturated heterocycles. The highest BCUT2D eigenvalue weighted by molar-refractivity contribution is 5.91. The maximum atomic E-state index is 11.5. The first-order chi connectivity index (χ1) is 7.67. The fourth-order valence-electron chi connectivity index (χ4n) is 1.35. The number of unbranched alkanes of at least 4 members (excludes halogenated alkanes) is 1. The Morgan fingerprint density at radius 2 is 2.25 bits per heavy atom. The molecule has 1 amide bonds. The van der Waals surface area contributed by atoms with Gasteiger partial charge in [-0.1, -0.05) is 13.3 Å². The van der Waals surface area contributed by atoms with Gasteiger partial charge in [-0.2, -0.15) is 0 Å². The molecule has 1 rings (SSSR count). The van der Waals surface area contributed by atoms with Crippen LogP contribution in [0.1, 0.15) is 26.2 Å². The zero-order valence-corrected chi connectivity index (χ0v) is 9.75. The summed E-state index contributed by atoms with van der Waals surface area (Å²) in [6.45, 7) is 2.06. The third-order valence-electron chi connectivity index (χ3n) is 2.27. The molecule has 4 nitrogen and oxygen atoms in total. The molecule has 0 saturated carbocycles. The molecule has 0 fully saturated rings. The minimum atomic E-state index is 0.0219. The second-order valence-electron chi connectivity index (χ2n) is 3.61. The molecule has 0 atom stereocenters. The number of hydrogen-bond donors (Lipinski definition) is 2. The van der Waals surface area contributed by atoms with E-state index >= 15 is 0 Å². The molecule has 0 spiro atoms. The zero-order chi connectivity index (χ0) is 12.0.